The van der Waals surface area contributed by atoms with E-state index in [0.29, 0.717) is 12.5 Å². The topological polar surface area (TPSA) is 41.6 Å². The van der Waals surface area contributed by atoms with Gasteiger partial charge >= 0.3 is 0 Å². The highest BCUT2D eigenvalue weighted by Crippen LogP contribution is 2.08. The van der Waals surface area contributed by atoms with Gasteiger partial charge in [0, 0.05) is 39.2 Å². The first-order valence-electron chi connectivity index (χ1n) is 5.68. The SMILES string of the molecule is COC(C)CCC(=O)N1CCNC[C@@H]1C. The van der Waals surface area contributed by atoms with Gasteiger partial charge in [0.05, 0.1) is 6.10 Å². The molecule has 1 N–H and O–H groups in total. The molecule has 2 atom stereocenters. The van der Waals surface area contributed by atoms with Gasteiger partial charge in [-0.1, -0.05) is 0 Å². The minimum absolute atomic E-state index is 0.173. The molecule has 1 heterocycles. The number of carbonyl (C=O) groups excluding carboxylic acids is 1. The lowest BCUT2D eigenvalue weighted by Crippen LogP contribution is -2.52. The molecule has 88 valence electrons. The summed E-state index contributed by atoms with van der Waals surface area (Å²) in [7, 11) is 1.68. The van der Waals surface area contributed by atoms with Crippen LogP contribution in [0.5, 0.6) is 0 Å². The van der Waals surface area contributed by atoms with Crippen molar-refractivity contribution in [3.8, 4) is 0 Å². The largest absolute Gasteiger partial charge is 0.382 e. The number of ether oxygens (including phenoxy) is 1. The summed E-state index contributed by atoms with van der Waals surface area (Å²) in [5, 5.41) is 3.28. The van der Waals surface area contributed by atoms with Gasteiger partial charge in [-0.05, 0) is 20.3 Å². The fourth-order valence-electron chi connectivity index (χ4n) is 1.80. The molecule has 0 aromatic rings. The van der Waals surface area contributed by atoms with Crippen molar-refractivity contribution in [1.29, 1.82) is 0 Å². The van der Waals surface area contributed by atoms with E-state index in [-0.39, 0.29) is 12.0 Å². The molecule has 0 aromatic heterocycles. The molecule has 1 aliphatic rings. The van der Waals surface area contributed by atoms with Crippen LogP contribution in [0.15, 0.2) is 0 Å². The summed E-state index contributed by atoms with van der Waals surface area (Å²) in [6, 6.07) is 0.323. The maximum Gasteiger partial charge on any atom is 0.222 e. The van der Waals surface area contributed by atoms with Crippen LogP contribution in [0.3, 0.4) is 0 Å². The fourth-order valence-corrected chi connectivity index (χ4v) is 1.80. The fraction of sp³-hybridized carbons (Fsp3) is 0.909. The van der Waals surface area contributed by atoms with Crippen molar-refractivity contribution in [2.75, 3.05) is 26.7 Å². The molecular formula is C11H22N2O2. The lowest BCUT2D eigenvalue weighted by Gasteiger charge is -2.34. The standard InChI is InChI=1S/C11H22N2O2/c1-9-8-12-6-7-13(9)11(14)5-4-10(2)15-3/h9-10,12H,4-8H2,1-3H3/t9-,10?/m0/s1. The molecule has 0 bridgehead atoms. The number of hydrogen-bond acceptors (Lipinski definition) is 3. The highest BCUT2D eigenvalue weighted by molar-refractivity contribution is 5.76. The molecule has 0 saturated carbocycles. The molecule has 0 spiro atoms. The molecule has 0 aromatic carbocycles. The van der Waals surface area contributed by atoms with Gasteiger partial charge in [-0.3, -0.25) is 4.79 Å². The summed E-state index contributed by atoms with van der Waals surface area (Å²) >= 11 is 0. The quantitative estimate of drug-likeness (QED) is 0.746. The van der Waals surface area contributed by atoms with Crippen LogP contribution in [0.1, 0.15) is 26.7 Å². The Hall–Kier alpha value is -0.610. The molecule has 15 heavy (non-hydrogen) atoms. The van der Waals surface area contributed by atoms with Gasteiger partial charge in [-0.25, -0.2) is 0 Å². The third-order valence-electron chi connectivity index (χ3n) is 2.99. The second-order valence-corrected chi connectivity index (χ2v) is 4.23. The van der Waals surface area contributed by atoms with Gasteiger partial charge in [0.2, 0.25) is 5.91 Å². The van der Waals surface area contributed by atoms with Crippen LogP contribution in [-0.4, -0.2) is 49.7 Å². The van der Waals surface area contributed by atoms with E-state index in [1.165, 1.54) is 0 Å². The van der Waals surface area contributed by atoms with Crippen molar-refractivity contribution in [1.82, 2.24) is 10.2 Å². The molecule has 0 radical (unpaired) electrons. The highest BCUT2D eigenvalue weighted by atomic mass is 16.5. The van der Waals surface area contributed by atoms with Crippen LogP contribution in [0.4, 0.5) is 0 Å². The predicted octanol–water partition coefficient (Wildman–Crippen LogP) is 0.622. The second kappa shape index (κ2) is 6.08. The van der Waals surface area contributed by atoms with Crippen LogP contribution in [0, 0.1) is 0 Å². The van der Waals surface area contributed by atoms with Crippen LogP contribution in [0.25, 0.3) is 0 Å². The van der Waals surface area contributed by atoms with Crippen molar-refractivity contribution in [2.45, 2.75) is 38.8 Å². The first kappa shape index (κ1) is 12.5. The zero-order chi connectivity index (χ0) is 11.3. The van der Waals surface area contributed by atoms with Crippen molar-refractivity contribution in [3.05, 3.63) is 0 Å². The molecule has 1 unspecified atom stereocenters. The van der Waals surface area contributed by atoms with E-state index >= 15 is 0 Å². The Labute approximate surface area is 92.0 Å². The first-order valence-corrected chi connectivity index (χ1v) is 5.68. The first-order chi connectivity index (χ1) is 7.15. The molecule has 4 heteroatoms. The second-order valence-electron chi connectivity index (χ2n) is 4.23. The number of rotatable bonds is 4. The highest BCUT2D eigenvalue weighted by Gasteiger charge is 2.22. The third kappa shape index (κ3) is 3.80. The summed E-state index contributed by atoms with van der Waals surface area (Å²) < 4.78 is 5.13. The number of nitrogens with one attached hydrogen (secondary N) is 1. The third-order valence-corrected chi connectivity index (χ3v) is 2.99. The molecule has 1 saturated heterocycles. The minimum atomic E-state index is 0.173. The summed E-state index contributed by atoms with van der Waals surface area (Å²) in [6.07, 6.45) is 1.58. The van der Waals surface area contributed by atoms with Crippen molar-refractivity contribution in [2.24, 2.45) is 0 Å². The van der Waals surface area contributed by atoms with E-state index < -0.39 is 0 Å². The van der Waals surface area contributed by atoms with Crippen molar-refractivity contribution >= 4 is 5.91 Å². The zero-order valence-corrected chi connectivity index (χ0v) is 9.95. The number of methoxy groups -OCH3 is 1. The molecule has 1 amide bonds. The molecule has 4 nitrogen and oxygen atoms in total. The van der Waals surface area contributed by atoms with Gasteiger partial charge < -0.3 is 15.0 Å². The van der Waals surface area contributed by atoms with E-state index in [9.17, 15) is 4.79 Å². The minimum Gasteiger partial charge on any atom is -0.382 e. The summed E-state index contributed by atoms with van der Waals surface area (Å²) in [5.74, 6) is 0.257. The Bertz CT molecular complexity index is 209. The Balaban J connectivity index is 2.32. The molecule has 1 aliphatic heterocycles. The van der Waals surface area contributed by atoms with E-state index in [2.05, 4.69) is 12.2 Å². The van der Waals surface area contributed by atoms with Crippen LogP contribution in [-0.2, 0) is 9.53 Å². The van der Waals surface area contributed by atoms with E-state index in [4.69, 9.17) is 4.74 Å². The van der Waals surface area contributed by atoms with Gasteiger partial charge in [0.25, 0.3) is 0 Å². The maximum atomic E-state index is 11.9. The number of piperazine rings is 1. The van der Waals surface area contributed by atoms with E-state index in [1.807, 2.05) is 11.8 Å². The Kier molecular flexibility index (Phi) is 5.05. The Morgan fingerprint density at radius 3 is 3.00 bits per heavy atom. The lowest BCUT2D eigenvalue weighted by molar-refractivity contribution is -0.134. The number of carbonyl (C=O) groups is 1. The van der Waals surface area contributed by atoms with Crippen LogP contribution in [0.2, 0.25) is 0 Å². The Morgan fingerprint density at radius 2 is 2.40 bits per heavy atom. The van der Waals surface area contributed by atoms with Crippen LogP contribution >= 0.6 is 0 Å². The van der Waals surface area contributed by atoms with Crippen LogP contribution < -0.4 is 5.32 Å². The monoisotopic (exact) mass is 214 g/mol. The van der Waals surface area contributed by atoms with E-state index in [0.717, 1.165) is 26.1 Å². The molecule has 1 rings (SSSR count). The number of amides is 1. The lowest BCUT2D eigenvalue weighted by atomic mass is 10.1. The molecule has 0 aliphatic carbocycles. The van der Waals surface area contributed by atoms with Crippen molar-refractivity contribution in [3.63, 3.8) is 0 Å². The average molecular weight is 214 g/mol. The van der Waals surface area contributed by atoms with Gasteiger partial charge in [0.1, 0.15) is 0 Å². The van der Waals surface area contributed by atoms with Crippen molar-refractivity contribution < 1.29 is 9.53 Å². The predicted molar refractivity (Wildman–Crippen MR) is 59.7 cm³/mol. The number of hydrogen-bond donors (Lipinski definition) is 1. The summed E-state index contributed by atoms with van der Waals surface area (Å²) in [5.41, 5.74) is 0. The van der Waals surface area contributed by atoms with E-state index in [1.54, 1.807) is 7.11 Å². The molecule has 1 fully saturated rings. The average Bonchev–Trinajstić information content (AvgIpc) is 2.26. The zero-order valence-electron chi connectivity index (χ0n) is 9.95. The normalized spacial score (nSPS) is 23.9. The van der Waals surface area contributed by atoms with Gasteiger partial charge in [-0.15, -0.1) is 0 Å². The summed E-state index contributed by atoms with van der Waals surface area (Å²) in [4.78, 5) is 13.8. The maximum absolute atomic E-state index is 11.9. The van der Waals surface area contributed by atoms with Gasteiger partial charge in [0.15, 0.2) is 0 Å². The summed E-state index contributed by atoms with van der Waals surface area (Å²) in [6.45, 7) is 6.74. The van der Waals surface area contributed by atoms with Gasteiger partial charge in [-0.2, -0.15) is 0 Å². The number of nitrogens with zero attached hydrogens (tertiary/aromatic N) is 1. The smallest absolute Gasteiger partial charge is 0.222 e. The molecular weight excluding hydrogens is 192 g/mol. The Morgan fingerprint density at radius 1 is 1.67 bits per heavy atom.